The first-order valence-electron chi connectivity index (χ1n) is 7.71. The molecular weight excluding hydrogens is 210 g/mol. The maximum atomic E-state index is 9.89. The molecule has 5 rings (SSSR count). The summed E-state index contributed by atoms with van der Waals surface area (Å²) in [6.45, 7) is 2.22. The third-order valence-electron chi connectivity index (χ3n) is 6.03. The van der Waals surface area contributed by atoms with Crippen LogP contribution in [-0.4, -0.2) is 35.2 Å². The van der Waals surface area contributed by atoms with Crippen molar-refractivity contribution in [2.75, 3.05) is 13.1 Å². The lowest BCUT2D eigenvalue weighted by Gasteiger charge is -2.58. The van der Waals surface area contributed by atoms with Crippen molar-refractivity contribution in [2.24, 2.45) is 23.7 Å². The van der Waals surface area contributed by atoms with E-state index in [2.05, 4.69) is 4.90 Å². The fourth-order valence-corrected chi connectivity index (χ4v) is 5.75. The molecule has 17 heavy (non-hydrogen) atoms. The lowest BCUT2D eigenvalue weighted by Crippen LogP contribution is -2.58. The van der Waals surface area contributed by atoms with Gasteiger partial charge in [-0.2, -0.15) is 0 Å². The molecule has 2 nitrogen and oxygen atoms in total. The molecule has 96 valence electrons. The van der Waals surface area contributed by atoms with Gasteiger partial charge in [-0.05, 0) is 75.2 Å². The van der Waals surface area contributed by atoms with Gasteiger partial charge in [0.15, 0.2) is 0 Å². The zero-order chi connectivity index (χ0) is 11.4. The fraction of sp³-hybridized carbons (Fsp3) is 1.00. The van der Waals surface area contributed by atoms with Crippen LogP contribution in [0.25, 0.3) is 0 Å². The summed E-state index contributed by atoms with van der Waals surface area (Å²) in [6, 6.07) is 0.845. The minimum atomic E-state index is -0.0408. The Balaban J connectivity index is 1.53. The molecular formula is C15H25NO. The molecule has 0 radical (unpaired) electrons. The van der Waals surface area contributed by atoms with Gasteiger partial charge >= 0.3 is 0 Å². The first kappa shape index (κ1) is 10.8. The van der Waals surface area contributed by atoms with Crippen LogP contribution in [0.3, 0.4) is 0 Å². The molecule has 4 saturated carbocycles. The van der Waals surface area contributed by atoms with Gasteiger partial charge in [-0.25, -0.2) is 0 Å². The summed E-state index contributed by atoms with van der Waals surface area (Å²) in [5.74, 6) is 4.11. The van der Waals surface area contributed by atoms with Crippen LogP contribution in [0.15, 0.2) is 0 Å². The number of hydrogen-bond acceptors (Lipinski definition) is 2. The number of likely N-dealkylation sites (tertiary alicyclic amines) is 1. The summed E-state index contributed by atoms with van der Waals surface area (Å²) in [7, 11) is 0. The van der Waals surface area contributed by atoms with Gasteiger partial charge in [0.25, 0.3) is 0 Å². The molecule has 1 N–H and O–H groups in total. The van der Waals surface area contributed by atoms with Crippen LogP contribution in [0.5, 0.6) is 0 Å². The number of piperidine rings is 1. The van der Waals surface area contributed by atoms with Crippen molar-refractivity contribution in [3.05, 3.63) is 0 Å². The Morgan fingerprint density at radius 3 is 2.12 bits per heavy atom. The molecule has 1 atom stereocenters. The molecule has 0 aromatic heterocycles. The van der Waals surface area contributed by atoms with E-state index < -0.39 is 0 Å². The fourth-order valence-electron chi connectivity index (χ4n) is 5.75. The topological polar surface area (TPSA) is 23.5 Å². The molecule has 5 fully saturated rings. The first-order chi connectivity index (χ1) is 8.29. The Hall–Kier alpha value is -0.0800. The van der Waals surface area contributed by atoms with Gasteiger partial charge < -0.3 is 5.11 Å². The average molecular weight is 235 g/mol. The molecule has 1 saturated heterocycles. The van der Waals surface area contributed by atoms with Crippen molar-refractivity contribution in [2.45, 2.75) is 57.1 Å². The minimum Gasteiger partial charge on any atom is -0.392 e. The highest BCUT2D eigenvalue weighted by Crippen LogP contribution is 2.55. The second-order valence-corrected chi connectivity index (χ2v) is 7.21. The van der Waals surface area contributed by atoms with Crippen molar-refractivity contribution in [3.8, 4) is 0 Å². The molecule has 0 unspecified atom stereocenters. The van der Waals surface area contributed by atoms with Gasteiger partial charge in [-0.15, -0.1) is 0 Å². The molecule has 1 aliphatic heterocycles. The van der Waals surface area contributed by atoms with Crippen LogP contribution < -0.4 is 0 Å². The van der Waals surface area contributed by atoms with E-state index in [4.69, 9.17) is 0 Å². The maximum Gasteiger partial charge on any atom is 0.0667 e. The van der Waals surface area contributed by atoms with Crippen molar-refractivity contribution in [3.63, 3.8) is 0 Å². The normalized spacial score (nSPS) is 54.2. The molecule has 0 spiro atoms. The van der Waals surface area contributed by atoms with E-state index in [9.17, 15) is 5.11 Å². The van der Waals surface area contributed by atoms with E-state index in [0.29, 0.717) is 0 Å². The third-order valence-corrected chi connectivity index (χ3v) is 6.03. The number of rotatable bonds is 1. The Morgan fingerprint density at radius 2 is 1.53 bits per heavy atom. The lowest BCUT2D eigenvalue weighted by atomic mass is 9.53. The smallest absolute Gasteiger partial charge is 0.0667 e. The predicted octanol–water partition coefficient (Wildman–Crippen LogP) is 2.27. The van der Waals surface area contributed by atoms with Gasteiger partial charge in [0.2, 0.25) is 0 Å². The third kappa shape index (κ3) is 1.76. The van der Waals surface area contributed by atoms with E-state index in [1.807, 2.05) is 0 Å². The van der Waals surface area contributed by atoms with Gasteiger partial charge in [0.1, 0.15) is 0 Å². The van der Waals surface area contributed by atoms with Crippen molar-refractivity contribution >= 4 is 0 Å². The quantitative estimate of drug-likeness (QED) is 0.753. The largest absolute Gasteiger partial charge is 0.392 e. The highest BCUT2D eigenvalue weighted by Gasteiger charge is 2.50. The summed E-state index contributed by atoms with van der Waals surface area (Å²) in [5, 5.41) is 9.89. The Morgan fingerprint density at radius 1 is 0.882 bits per heavy atom. The van der Waals surface area contributed by atoms with Gasteiger partial charge in [0, 0.05) is 12.6 Å². The summed E-state index contributed by atoms with van der Waals surface area (Å²) in [4.78, 5) is 2.67. The lowest BCUT2D eigenvalue weighted by molar-refractivity contribution is -0.0841. The zero-order valence-electron chi connectivity index (χ0n) is 10.7. The number of aliphatic hydroxyl groups is 1. The maximum absolute atomic E-state index is 9.89. The van der Waals surface area contributed by atoms with Gasteiger partial charge in [0.05, 0.1) is 6.10 Å². The molecule has 0 amide bonds. The molecule has 0 aromatic rings. The Kier molecular flexibility index (Phi) is 2.52. The molecule has 4 bridgehead atoms. The molecule has 0 aromatic carbocycles. The van der Waals surface area contributed by atoms with Crippen molar-refractivity contribution in [1.82, 2.24) is 4.90 Å². The first-order valence-corrected chi connectivity index (χ1v) is 7.71. The molecule has 2 heteroatoms. The summed E-state index contributed by atoms with van der Waals surface area (Å²) in [5.41, 5.74) is 0. The highest BCUT2D eigenvalue weighted by atomic mass is 16.3. The summed E-state index contributed by atoms with van der Waals surface area (Å²) >= 11 is 0. The summed E-state index contributed by atoms with van der Waals surface area (Å²) < 4.78 is 0. The van der Waals surface area contributed by atoms with E-state index in [0.717, 1.165) is 42.7 Å². The zero-order valence-corrected chi connectivity index (χ0v) is 10.7. The van der Waals surface area contributed by atoms with Crippen LogP contribution in [0.2, 0.25) is 0 Å². The Bertz CT molecular complexity index is 275. The van der Waals surface area contributed by atoms with Crippen molar-refractivity contribution < 1.29 is 5.11 Å². The van der Waals surface area contributed by atoms with Crippen LogP contribution >= 0.6 is 0 Å². The Labute approximate surface area is 104 Å². The van der Waals surface area contributed by atoms with Gasteiger partial charge in [-0.3, -0.25) is 4.90 Å². The van der Waals surface area contributed by atoms with Crippen LogP contribution in [0, 0.1) is 23.7 Å². The predicted molar refractivity (Wildman–Crippen MR) is 67.6 cm³/mol. The molecule has 5 aliphatic rings. The van der Waals surface area contributed by atoms with E-state index in [-0.39, 0.29) is 6.10 Å². The average Bonchev–Trinajstić information content (AvgIpc) is 2.27. The second-order valence-electron chi connectivity index (χ2n) is 7.21. The van der Waals surface area contributed by atoms with Crippen LogP contribution in [0.1, 0.15) is 44.9 Å². The summed E-state index contributed by atoms with van der Waals surface area (Å²) in [6.07, 6.45) is 9.76. The minimum absolute atomic E-state index is 0.0408. The van der Waals surface area contributed by atoms with Gasteiger partial charge in [-0.1, -0.05) is 0 Å². The second kappa shape index (κ2) is 3.96. The number of hydrogen-bond donors (Lipinski definition) is 1. The number of aliphatic hydroxyl groups excluding tert-OH is 1. The van der Waals surface area contributed by atoms with Crippen LogP contribution in [0.4, 0.5) is 0 Å². The van der Waals surface area contributed by atoms with Crippen LogP contribution in [-0.2, 0) is 0 Å². The highest BCUT2D eigenvalue weighted by molar-refractivity contribution is 5.02. The number of nitrogens with zero attached hydrogens (tertiary/aromatic N) is 1. The van der Waals surface area contributed by atoms with E-state index >= 15 is 0 Å². The number of β-amino-alcohol motifs (C(OH)–C–C–N with tert-alkyl or cyclic N) is 1. The molecule has 1 heterocycles. The van der Waals surface area contributed by atoms with E-state index in [1.165, 1.54) is 38.6 Å². The SMILES string of the molecule is O[C@H]1CCCN(C2C3CC4CC(C3)CC2C4)C1. The molecule has 4 aliphatic carbocycles. The monoisotopic (exact) mass is 235 g/mol. The van der Waals surface area contributed by atoms with E-state index in [1.54, 1.807) is 6.42 Å². The van der Waals surface area contributed by atoms with Crippen molar-refractivity contribution in [1.29, 1.82) is 0 Å². The standard InChI is InChI=1S/C15H25NO/c17-14-2-1-3-16(9-14)15-12-5-10-4-11(7-12)8-13(15)6-10/h10-15,17H,1-9H2/t10?,11?,12?,13?,14-,15?/m0/s1.